The molecule has 2 aliphatic heterocycles. The number of benzene rings is 3. The van der Waals surface area contributed by atoms with Crippen molar-refractivity contribution in [2.24, 2.45) is 0 Å². The number of carbonyl (C=O) groups excluding carboxylic acids is 2. The van der Waals surface area contributed by atoms with E-state index in [-0.39, 0.29) is 11.3 Å². The number of rotatable bonds is 4. The number of nitrogens with zero attached hydrogens (tertiary/aromatic N) is 2. The van der Waals surface area contributed by atoms with Crippen LogP contribution in [0.25, 0.3) is 16.0 Å². The second-order valence-electron chi connectivity index (χ2n) is 9.55. The topological polar surface area (TPSA) is 89.0 Å². The molecule has 3 heterocycles. The Morgan fingerprint density at radius 2 is 1.76 bits per heavy atom. The number of Topliss-reactive ketones (excluding diaryl/α,β-unsaturated/α-hetero) is 1. The van der Waals surface area contributed by atoms with E-state index in [4.69, 9.17) is 14.5 Å². The highest BCUT2D eigenvalue weighted by Gasteiger charge is 2.48. The van der Waals surface area contributed by atoms with Crippen LogP contribution in [-0.4, -0.2) is 35.0 Å². The van der Waals surface area contributed by atoms with Gasteiger partial charge in [-0.1, -0.05) is 48.6 Å². The van der Waals surface area contributed by atoms with E-state index < -0.39 is 17.7 Å². The third-order valence-electron chi connectivity index (χ3n) is 6.99. The summed E-state index contributed by atoms with van der Waals surface area (Å²) in [5.74, 6) is -0.688. The lowest BCUT2D eigenvalue weighted by Crippen LogP contribution is -2.29. The van der Waals surface area contributed by atoms with Crippen molar-refractivity contribution in [3.05, 3.63) is 88.0 Å². The first-order valence-corrected chi connectivity index (χ1v) is 13.3. The van der Waals surface area contributed by atoms with Crippen molar-refractivity contribution in [3.8, 4) is 11.5 Å². The molecule has 0 aliphatic carbocycles. The lowest BCUT2D eigenvalue weighted by atomic mass is 9.94. The Balaban J connectivity index is 1.54. The summed E-state index contributed by atoms with van der Waals surface area (Å²) in [5.41, 5.74) is 5.12. The largest absolute Gasteiger partial charge is 0.507 e. The lowest BCUT2D eigenvalue weighted by Gasteiger charge is -2.23. The van der Waals surface area contributed by atoms with Crippen LogP contribution in [-0.2, 0) is 16.0 Å². The van der Waals surface area contributed by atoms with E-state index in [9.17, 15) is 14.7 Å². The Hall–Kier alpha value is -4.17. The molecule has 0 radical (unpaired) electrons. The van der Waals surface area contributed by atoms with Crippen LogP contribution in [0.3, 0.4) is 0 Å². The summed E-state index contributed by atoms with van der Waals surface area (Å²) >= 11 is 1.36. The Kier molecular flexibility index (Phi) is 5.91. The molecule has 3 aromatic carbocycles. The van der Waals surface area contributed by atoms with Gasteiger partial charge in [-0.3, -0.25) is 14.5 Å². The number of carbonyl (C=O) groups is 2. The number of fused-ring (bicyclic) bond motifs is 2. The van der Waals surface area contributed by atoms with Crippen molar-refractivity contribution in [2.75, 3.05) is 18.1 Å². The SMILES string of the molecule is CCc1ccc([C@@H]2C(=C(O)c3ccc4c(c3)OCCO4)C(=O)C(=O)N2c2nc3c(C)cc(C)cc3s2)cc1. The molecule has 2 aliphatic rings. The summed E-state index contributed by atoms with van der Waals surface area (Å²) < 4.78 is 12.2. The molecule has 0 bridgehead atoms. The second kappa shape index (κ2) is 9.29. The van der Waals surface area contributed by atoms with Crippen LogP contribution in [0.1, 0.15) is 40.8 Å². The van der Waals surface area contributed by atoms with E-state index in [1.807, 2.05) is 50.2 Å². The highest BCUT2D eigenvalue weighted by atomic mass is 32.1. The van der Waals surface area contributed by atoms with Gasteiger partial charge in [-0.15, -0.1) is 0 Å². The molecule has 0 unspecified atom stereocenters. The van der Waals surface area contributed by atoms with Crippen LogP contribution in [0.15, 0.2) is 60.2 Å². The van der Waals surface area contributed by atoms with Crippen molar-refractivity contribution in [2.45, 2.75) is 33.2 Å². The van der Waals surface area contributed by atoms with Crippen LogP contribution >= 0.6 is 11.3 Å². The zero-order valence-corrected chi connectivity index (χ0v) is 22.1. The summed E-state index contributed by atoms with van der Waals surface area (Å²) in [6, 6.07) is 16.0. The average Bonchev–Trinajstić information content (AvgIpc) is 3.46. The predicted octanol–water partition coefficient (Wildman–Crippen LogP) is 5.87. The predicted molar refractivity (Wildman–Crippen MR) is 147 cm³/mol. The fourth-order valence-corrected chi connectivity index (χ4v) is 6.26. The van der Waals surface area contributed by atoms with Crippen LogP contribution in [0.4, 0.5) is 5.13 Å². The van der Waals surface area contributed by atoms with Gasteiger partial charge in [0.2, 0.25) is 0 Å². The van der Waals surface area contributed by atoms with Crippen LogP contribution in [0.2, 0.25) is 0 Å². The molecule has 0 spiro atoms. The highest BCUT2D eigenvalue weighted by Crippen LogP contribution is 2.45. The first kappa shape index (κ1) is 24.2. The number of aliphatic hydroxyl groups excluding tert-OH is 1. The molecule has 1 amide bonds. The third-order valence-corrected chi connectivity index (χ3v) is 7.99. The molecule has 1 atom stereocenters. The third kappa shape index (κ3) is 3.92. The standard InChI is InChI=1S/C30H26N2O5S/c1-4-18-5-7-19(8-6-18)26-24(27(33)20-9-10-21-22(15-20)37-12-11-36-21)28(34)29(35)32(26)30-31-25-17(3)13-16(2)14-23(25)38-30/h5-10,13-15,26,33H,4,11-12H2,1-3H3/t26-/m1/s1. The number of anilines is 1. The van der Waals surface area contributed by atoms with Gasteiger partial charge in [-0.05, 0) is 66.8 Å². The molecular weight excluding hydrogens is 500 g/mol. The molecule has 1 aromatic heterocycles. The summed E-state index contributed by atoms with van der Waals surface area (Å²) in [7, 11) is 0. The van der Waals surface area contributed by atoms with E-state index in [0.717, 1.165) is 33.3 Å². The molecule has 4 aromatic rings. The zero-order chi connectivity index (χ0) is 26.6. The van der Waals surface area contributed by atoms with Crippen molar-refractivity contribution in [3.63, 3.8) is 0 Å². The molecule has 1 saturated heterocycles. The average molecular weight is 527 g/mol. The molecule has 1 fully saturated rings. The van der Waals surface area contributed by atoms with Gasteiger partial charge < -0.3 is 14.6 Å². The smallest absolute Gasteiger partial charge is 0.301 e. The minimum absolute atomic E-state index is 0.0167. The molecule has 7 nitrogen and oxygen atoms in total. The summed E-state index contributed by atoms with van der Waals surface area (Å²) in [4.78, 5) is 33.3. The number of aliphatic hydroxyl groups is 1. The monoisotopic (exact) mass is 526 g/mol. The van der Waals surface area contributed by atoms with Gasteiger partial charge in [0.1, 0.15) is 19.0 Å². The Morgan fingerprint density at radius 3 is 2.50 bits per heavy atom. The van der Waals surface area contributed by atoms with E-state index in [1.165, 1.54) is 16.2 Å². The first-order valence-electron chi connectivity index (χ1n) is 12.5. The van der Waals surface area contributed by atoms with Gasteiger partial charge in [0.15, 0.2) is 16.6 Å². The van der Waals surface area contributed by atoms with Crippen molar-refractivity contribution >= 4 is 44.1 Å². The zero-order valence-electron chi connectivity index (χ0n) is 21.3. The van der Waals surface area contributed by atoms with Gasteiger partial charge in [0.25, 0.3) is 5.78 Å². The van der Waals surface area contributed by atoms with Crippen molar-refractivity contribution in [1.29, 1.82) is 0 Å². The fourth-order valence-electron chi connectivity index (χ4n) is 5.09. The van der Waals surface area contributed by atoms with Crippen molar-refractivity contribution < 1.29 is 24.2 Å². The highest BCUT2D eigenvalue weighted by molar-refractivity contribution is 7.22. The molecule has 0 saturated carbocycles. The van der Waals surface area contributed by atoms with E-state index in [2.05, 4.69) is 6.92 Å². The number of hydrogen-bond acceptors (Lipinski definition) is 7. The number of thiazole rings is 1. The number of ether oxygens (including phenoxy) is 2. The van der Waals surface area contributed by atoms with E-state index >= 15 is 0 Å². The molecule has 192 valence electrons. The van der Waals surface area contributed by atoms with Crippen molar-refractivity contribution in [1.82, 2.24) is 4.98 Å². The molecule has 1 N–H and O–H groups in total. The Labute approximate surface area is 224 Å². The van der Waals surface area contributed by atoms with Gasteiger partial charge in [-0.2, -0.15) is 0 Å². The fraction of sp³-hybridized carbons (Fsp3) is 0.233. The normalized spacial score (nSPS) is 18.4. The number of ketones is 1. The maximum absolute atomic E-state index is 13.6. The number of aromatic nitrogens is 1. The Morgan fingerprint density at radius 1 is 1.03 bits per heavy atom. The molecule has 6 rings (SSSR count). The minimum Gasteiger partial charge on any atom is -0.507 e. The van der Waals surface area contributed by atoms with Gasteiger partial charge >= 0.3 is 5.91 Å². The number of hydrogen-bond donors (Lipinski definition) is 1. The van der Waals surface area contributed by atoms with Crippen LogP contribution < -0.4 is 14.4 Å². The quantitative estimate of drug-likeness (QED) is 0.203. The minimum atomic E-state index is -0.837. The van der Waals surface area contributed by atoms with E-state index in [0.29, 0.717) is 41.0 Å². The maximum Gasteiger partial charge on any atom is 0.301 e. The summed E-state index contributed by atoms with van der Waals surface area (Å²) in [6.45, 7) is 6.89. The number of aryl methyl sites for hydroxylation is 3. The van der Waals surface area contributed by atoms with E-state index in [1.54, 1.807) is 18.2 Å². The van der Waals surface area contributed by atoms with Crippen LogP contribution in [0.5, 0.6) is 11.5 Å². The lowest BCUT2D eigenvalue weighted by molar-refractivity contribution is -0.132. The molecule has 8 heteroatoms. The van der Waals surface area contributed by atoms with Crippen LogP contribution in [0, 0.1) is 13.8 Å². The second-order valence-corrected chi connectivity index (χ2v) is 10.6. The molecule has 38 heavy (non-hydrogen) atoms. The first-order chi connectivity index (χ1) is 18.4. The maximum atomic E-state index is 13.6. The summed E-state index contributed by atoms with van der Waals surface area (Å²) in [5, 5.41) is 11.9. The Bertz CT molecular complexity index is 1640. The summed E-state index contributed by atoms with van der Waals surface area (Å²) in [6.07, 6.45) is 0.855. The van der Waals surface area contributed by atoms with Gasteiger partial charge in [-0.25, -0.2) is 4.98 Å². The van der Waals surface area contributed by atoms with Gasteiger partial charge in [0.05, 0.1) is 21.8 Å². The molecular formula is C30H26N2O5S. The van der Waals surface area contributed by atoms with Gasteiger partial charge in [0, 0.05) is 5.56 Å². The number of amides is 1.